The first-order valence-electron chi connectivity index (χ1n) is 8.31. The summed E-state index contributed by atoms with van der Waals surface area (Å²) in [5.74, 6) is -0.751. The van der Waals surface area contributed by atoms with Gasteiger partial charge in [0.25, 0.3) is 5.24 Å². The molecule has 2 heterocycles. The molecule has 3 aromatic rings. The number of nitrogens with one attached hydrogen (secondary N) is 2. The van der Waals surface area contributed by atoms with Crippen LogP contribution in [0.4, 0.5) is 9.93 Å². The van der Waals surface area contributed by atoms with Gasteiger partial charge in [-0.05, 0) is 16.3 Å². The molecule has 6 nitrogen and oxygen atoms in total. The Kier molecular flexibility index (Phi) is 4.91. The number of imide groups is 1. The third-order valence-corrected chi connectivity index (χ3v) is 6.08. The maximum absolute atomic E-state index is 12.1. The summed E-state index contributed by atoms with van der Waals surface area (Å²) in [4.78, 5) is 40.1. The summed E-state index contributed by atoms with van der Waals surface area (Å²) in [5.41, 5.74) is 1.20. The van der Waals surface area contributed by atoms with Gasteiger partial charge < -0.3 is 5.32 Å². The first-order chi connectivity index (χ1) is 13.1. The predicted molar refractivity (Wildman–Crippen MR) is 107 cm³/mol. The van der Waals surface area contributed by atoms with Gasteiger partial charge in [-0.1, -0.05) is 54.2 Å². The molecule has 1 aliphatic rings. The van der Waals surface area contributed by atoms with Gasteiger partial charge in [-0.2, -0.15) is 0 Å². The number of fused-ring (bicyclic) bond motifs is 1. The van der Waals surface area contributed by atoms with Crippen LogP contribution in [0.2, 0.25) is 0 Å². The lowest BCUT2D eigenvalue weighted by Crippen LogP contribution is -2.27. The second-order valence-electron chi connectivity index (χ2n) is 6.08. The van der Waals surface area contributed by atoms with Crippen LogP contribution in [0, 0.1) is 0 Å². The van der Waals surface area contributed by atoms with Gasteiger partial charge in [0, 0.05) is 23.9 Å². The quantitative estimate of drug-likeness (QED) is 0.687. The molecule has 0 bridgehead atoms. The van der Waals surface area contributed by atoms with E-state index in [1.165, 1.54) is 27.7 Å². The zero-order chi connectivity index (χ0) is 18.8. The normalized spacial score (nSPS) is 16.5. The number of rotatable bonds is 5. The Morgan fingerprint density at radius 3 is 2.78 bits per heavy atom. The van der Waals surface area contributed by atoms with E-state index in [2.05, 4.69) is 39.9 Å². The number of benzene rings is 2. The molecule has 0 radical (unpaired) electrons. The lowest BCUT2D eigenvalue weighted by Gasteiger charge is -2.05. The fourth-order valence-electron chi connectivity index (χ4n) is 2.95. The highest BCUT2D eigenvalue weighted by molar-refractivity contribution is 8.15. The summed E-state index contributed by atoms with van der Waals surface area (Å²) < 4.78 is 0. The SMILES string of the molecule is O=C(CC1SC(=O)NC1=O)Nc1ncc(Cc2cccc3ccccc23)s1. The third kappa shape index (κ3) is 4.01. The number of hydrogen-bond acceptors (Lipinski definition) is 6. The number of thioether (sulfide) groups is 1. The minimum atomic E-state index is -0.674. The Labute approximate surface area is 163 Å². The van der Waals surface area contributed by atoms with Crippen molar-refractivity contribution in [3.05, 3.63) is 59.1 Å². The van der Waals surface area contributed by atoms with E-state index in [1.807, 2.05) is 18.2 Å². The van der Waals surface area contributed by atoms with Crippen molar-refractivity contribution in [2.45, 2.75) is 18.1 Å². The number of hydrogen-bond donors (Lipinski definition) is 2. The second kappa shape index (κ2) is 7.50. The van der Waals surface area contributed by atoms with Gasteiger partial charge in [0.2, 0.25) is 11.8 Å². The van der Waals surface area contributed by atoms with Crippen LogP contribution in [0.1, 0.15) is 16.9 Å². The second-order valence-corrected chi connectivity index (χ2v) is 8.37. The van der Waals surface area contributed by atoms with Gasteiger partial charge >= 0.3 is 0 Å². The molecule has 4 rings (SSSR count). The van der Waals surface area contributed by atoms with Crippen molar-refractivity contribution in [1.29, 1.82) is 0 Å². The van der Waals surface area contributed by atoms with Crippen molar-refractivity contribution < 1.29 is 14.4 Å². The molecule has 0 spiro atoms. The highest BCUT2D eigenvalue weighted by atomic mass is 32.2. The minimum Gasteiger partial charge on any atom is -0.302 e. The van der Waals surface area contributed by atoms with E-state index in [0.717, 1.165) is 23.1 Å². The Morgan fingerprint density at radius 2 is 1.96 bits per heavy atom. The molecular weight excluding hydrogens is 382 g/mol. The van der Waals surface area contributed by atoms with Crippen molar-refractivity contribution in [3.8, 4) is 0 Å². The van der Waals surface area contributed by atoms with E-state index < -0.39 is 16.4 Å². The van der Waals surface area contributed by atoms with Crippen molar-refractivity contribution in [1.82, 2.24) is 10.3 Å². The molecule has 27 heavy (non-hydrogen) atoms. The summed E-state index contributed by atoms with van der Waals surface area (Å²) >= 11 is 2.25. The number of carbonyl (C=O) groups is 3. The Morgan fingerprint density at radius 1 is 1.15 bits per heavy atom. The number of carbonyl (C=O) groups excluding carboxylic acids is 3. The van der Waals surface area contributed by atoms with Crippen LogP contribution in [0.25, 0.3) is 10.8 Å². The summed E-state index contributed by atoms with van der Waals surface area (Å²) in [5, 5.41) is 6.68. The van der Waals surface area contributed by atoms with Crippen molar-refractivity contribution in [3.63, 3.8) is 0 Å². The monoisotopic (exact) mass is 397 g/mol. The molecular formula is C19H15N3O3S2. The van der Waals surface area contributed by atoms with Gasteiger partial charge in [-0.15, -0.1) is 11.3 Å². The van der Waals surface area contributed by atoms with Gasteiger partial charge in [0.15, 0.2) is 5.13 Å². The summed E-state index contributed by atoms with van der Waals surface area (Å²) in [6, 6.07) is 14.4. The standard InChI is InChI=1S/C19H15N3O3S2/c23-16(9-15-17(24)22-19(25)27-15)21-18-20-10-13(26-18)8-12-6-3-5-11-4-1-2-7-14(11)12/h1-7,10,15H,8-9H2,(H,20,21,23)(H,22,24,25). The maximum Gasteiger partial charge on any atom is 0.286 e. The molecule has 1 aromatic heterocycles. The minimum absolute atomic E-state index is 0.0551. The zero-order valence-electron chi connectivity index (χ0n) is 14.1. The number of thiazole rings is 1. The molecule has 1 fully saturated rings. The molecule has 2 aromatic carbocycles. The van der Waals surface area contributed by atoms with Crippen molar-refractivity contribution in [2.24, 2.45) is 0 Å². The Hall–Kier alpha value is -2.71. The molecule has 2 N–H and O–H groups in total. The fourth-order valence-corrected chi connectivity index (χ4v) is 4.62. The van der Waals surface area contributed by atoms with E-state index >= 15 is 0 Å². The fraction of sp³-hybridized carbons (Fsp3) is 0.158. The average molecular weight is 397 g/mol. The van der Waals surface area contributed by atoms with Gasteiger partial charge in [0.05, 0.1) is 0 Å². The van der Waals surface area contributed by atoms with Gasteiger partial charge in [-0.3, -0.25) is 19.7 Å². The molecule has 8 heteroatoms. The summed E-state index contributed by atoms with van der Waals surface area (Å²) in [6.07, 6.45) is 2.42. The molecule has 136 valence electrons. The smallest absolute Gasteiger partial charge is 0.286 e. The van der Waals surface area contributed by atoms with E-state index in [4.69, 9.17) is 0 Å². The van der Waals surface area contributed by atoms with Crippen LogP contribution in [-0.4, -0.2) is 27.3 Å². The molecule has 1 saturated heterocycles. The van der Waals surface area contributed by atoms with Crippen LogP contribution in [0.5, 0.6) is 0 Å². The molecule has 1 atom stereocenters. The molecule has 3 amide bonds. The first-order valence-corrected chi connectivity index (χ1v) is 10.0. The van der Waals surface area contributed by atoms with Crippen LogP contribution >= 0.6 is 23.1 Å². The lowest BCUT2D eigenvalue weighted by atomic mass is 10.0. The lowest BCUT2D eigenvalue weighted by molar-refractivity contribution is -0.122. The van der Waals surface area contributed by atoms with Crippen LogP contribution in [0.3, 0.4) is 0 Å². The Balaban J connectivity index is 1.42. The average Bonchev–Trinajstić information content (AvgIpc) is 3.21. The van der Waals surface area contributed by atoms with E-state index in [1.54, 1.807) is 6.20 Å². The summed E-state index contributed by atoms with van der Waals surface area (Å²) in [7, 11) is 0. The number of aromatic nitrogens is 1. The summed E-state index contributed by atoms with van der Waals surface area (Å²) in [6.45, 7) is 0. The van der Waals surface area contributed by atoms with Crippen molar-refractivity contribution in [2.75, 3.05) is 5.32 Å². The van der Waals surface area contributed by atoms with Crippen LogP contribution in [0.15, 0.2) is 48.7 Å². The van der Waals surface area contributed by atoms with Crippen LogP contribution in [-0.2, 0) is 16.0 Å². The number of amides is 3. The molecule has 0 saturated carbocycles. The number of anilines is 1. The van der Waals surface area contributed by atoms with E-state index in [0.29, 0.717) is 5.13 Å². The topological polar surface area (TPSA) is 88.2 Å². The largest absolute Gasteiger partial charge is 0.302 e. The maximum atomic E-state index is 12.1. The molecule has 0 aliphatic carbocycles. The zero-order valence-corrected chi connectivity index (χ0v) is 15.7. The molecule has 1 unspecified atom stereocenters. The van der Waals surface area contributed by atoms with Gasteiger partial charge in [-0.25, -0.2) is 4.98 Å². The molecule has 1 aliphatic heterocycles. The predicted octanol–water partition coefficient (Wildman–Crippen LogP) is 3.57. The number of nitrogens with zero attached hydrogens (tertiary/aromatic N) is 1. The highest BCUT2D eigenvalue weighted by Gasteiger charge is 2.33. The van der Waals surface area contributed by atoms with Crippen LogP contribution < -0.4 is 10.6 Å². The third-order valence-electron chi connectivity index (χ3n) is 4.18. The van der Waals surface area contributed by atoms with E-state index in [-0.39, 0.29) is 12.3 Å². The van der Waals surface area contributed by atoms with Gasteiger partial charge in [0.1, 0.15) is 5.25 Å². The Bertz CT molecular complexity index is 1040. The van der Waals surface area contributed by atoms with Crippen molar-refractivity contribution >= 4 is 56.1 Å². The highest BCUT2D eigenvalue weighted by Crippen LogP contribution is 2.27. The first kappa shape index (κ1) is 17.7. The van der Waals surface area contributed by atoms with E-state index in [9.17, 15) is 14.4 Å².